The molecule has 5 heteroatoms. The molecule has 3 heterocycles. The molecular weight excluding hydrogens is 292 g/mol. The van der Waals surface area contributed by atoms with Gasteiger partial charge in [0.2, 0.25) is 0 Å². The van der Waals surface area contributed by atoms with E-state index in [1.807, 2.05) is 44.9 Å². The Hall–Kier alpha value is -1.88. The van der Waals surface area contributed by atoms with Gasteiger partial charge in [-0.25, -0.2) is 4.79 Å². The zero-order chi connectivity index (χ0) is 16.6. The fourth-order valence-electron chi connectivity index (χ4n) is 3.07. The summed E-state index contributed by atoms with van der Waals surface area (Å²) in [4.78, 5) is 18.7. The Morgan fingerprint density at radius 2 is 2.13 bits per heavy atom. The summed E-state index contributed by atoms with van der Waals surface area (Å²) in [5.41, 5.74) is 2.87. The Kier molecular flexibility index (Phi) is 4.15. The highest BCUT2D eigenvalue weighted by Gasteiger charge is 2.40. The quantitative estimate of drug-likeness (QED) is 0.798. The van der Waals surface area contributed by atoms with Gasteiger partial charge in [0, 0.05) is 11.9 Å². The second kappa shape index (κ2) is 5.96. The Bertz CT molecular complexity index is 616. The first-order valence-electron chi connectivity index (χ1n) is 8.06. The van der Waals surface area contributed by atoms with Crippen molar-refractivity contribution in [1.29, 1.82) is 0 Å². The Balaban J connectivity index is 1.84. The number of amides is 1. The Morgan fingerprint density at radius 1 is 1.35 bits per heavy atom. The number of aromatic nitrogens is 1. The van der Waals surface area contributed by atoms with Gasteiger partial charge in [0.1, 0.15) is 5.60 Å². The largest absolute Gasteiger partial charge is 0.444 e. The minimum Gasteiger partial charge on any atom is -0.444 e. The normalized spacial score (nSPS) is 24.2. The van der Waals surface area contributed by atoms with E-state index in [0.29, 0.717) is 13.2 Å². The maximum atomic E-state index is 12.5. The molecule has 2 aliphatic heterocycles. The number of pyridine rings is 1. The van der Waals surface area contributed by atoms with Crippen molar-refractivity contribution in [1.82, 2.24) is 9.88 Å². The third-order valence-corrected chi connectivity index (χ3v) is 4.09. The maximum absolute atomic E-state index is 12.5. The fraction of sp³-hybridized carbons (Fsp3) is 0.556. The number of ether oxygens (including phenoxy) is 2. The van der Waals surface area contributed by atoms with Crippen LogP contribution in [0.4, 0.5) is 4.79 Å². The third kappa shape index (κ3) is 3.55. The van der Waals surface area contributed by atoms with Crippen molar-refractivity contribution in [2.24, 2.45) is 0 Å². The van der Waals surface area contributed by atoms with Gasteiger partial charge in [0.05, 0.1) is 25.3 Å². The van der Waals surface area contributed by atoms with E-state index >= 15 is 0 Å². The Labute approximate surface area is 137 Å². The van der Waals surface area contributed by atoms with Gasteiger partial charge in [0.25, 0.3) is 0 Å². The Morgan fingerprint density at radius 3 is 2.74 bits per heavy atom. The number of hydrogen-bond donors (Lipinski definition) is 0. The summed E-state index contributed by atoms with van der Waals surface area (Å²) in [6.45, 7) is 8.71. The molecule has 2 unspecified atom stereocenters. The van der Waals surface area contributed by atoms with E-state index in [9.17, 15) is 4.79 Å². The first kappa shape index (κ1) is 16.0. The molecule has 0 N–H and O–H groups in total. The van der Waals surface area contributed by atoms with Crippen LogP contribution in [-0.4, -0.2) is 46.9 Å². The van der Waals surface area contributed by atoms with Gasteiger partial charge in [-0.2, -0.15) is 0 Å². The predicted molar refractivity (Wildman–Crippen MR) is 88.0 cm³/mol. The van der Waals surface area contributed by atoms with E-state index in [2.05, 4.69) is 17.1 Å². The zero-order valence-electron chi connectivity index (χ0n) is 14.2. The van der Waals surface area contributed by atoms with Crippen LogP contribution in [0.2, 0.25) is 0 Å². The van der Waals surface area contributed by atoms with E-state index in [1.54, 1.807) is 0 Å². The molecule has 0 spiro atoms. The summed E-state index contributed by atoms with van der Waals surface area (Å²) in [5.74, 6) is 0. The van der Waals surface area contributed by atoms with Gasteiger partial charge in [-0.1, -0.05) is 12.1 Å². The van der Waals surface area contributed by atoms with Crippen molar-refractivity contribution in [3.63, 3.8) is 0 Å². The van der Waals surface area contributed by atoms with E-state index < -0.39 is 5.60 Å². The lowest BCUT2D eigenvalue weighted by molar-refractivity contribution is -0.0510. The lowest BCUT2D eigenvalue weighted by Crippen LogP contribution is -2.57. The van der Waals surface area contributed by atoms with Crippen molar-refractivity contribution < 1.29 is 14.3 Å². The molecule has 0 saturated carbocycles. The van der Waals surface area contributed by atoms with Crippen LogP contribution >= 0.6 is 0 Å². The van der Waals surface area contributed by atoms with Crippen LogP contribution in [0.1, 0.15) is 38.4 Å². The molecule has 2 atom stereocenters. The van der Waals surface area contributed by atoms with Crippen molar-refractivity contribution in [3.05, 3.63) is 35.7 Å². The van der Waals surface area contributed by atoms with E-state index in [4.69, 9.17) is 9.47 Å². The molecule has 1 fully saturated rings. The van der Waals surface area contributed by atoms with Crippen molar-refractivity contribution in [3.8, 4) is 0 Å². The SMILES string of the molecule is Cc1ccc(C2=CC3COCC(C2)N3C(=O)OC(C)(C)C)cn1. The monoisotopic (exact) mass is 316 g/mol. The zero-order valence-corrected chi connectivity index (χ0v) is 14.2. The van der Waals surface area contributed by atoms with Crippen molar-refractivity contribution in [2.45, 2.75) is 51.8 Å². The third-order valence-electron chi connectivity index (χ3n) is 4.09. The molecule has 0 aliphatic carbocycles. The molecule has 2 aliphatic rings. The van der Waals surface area contributed by atoms with Crippen LogP contribution in [0.3, 0.4) is 0 Å². The number of fused-ring (bicyclic) bond motifs is 2. The second-order valence-electron chi connectivity index (χ2n) is 7.23. The molecule has 1 aromatic rings. The smallest absolute Gasteiger partial charge is 0.411 e. The standard InChI is InChI=1S/C18H24N2O3/c1-12-5-6-13(9-19-12)14-7-15-10-22-11-16(8-14)20(15)17(21)23-18(2,3)4/h5-7,9,15-16H,8,10-11H2,1-4H3. The first-order chi connectivity index (χ1) is 10.8. The number of morpholine rings is 1. The summed E-state index contributed by atoms with van der Waals surface area (Å²) in [6.07, 6.45) is 4.53. The molecule has 1 saturated heterocycles. The molecule has 2 bridgehead atoms. The van der Waals surface area contributed by atoms with E-state index in [-0.39, 0.29) is 18.2 Å². The van der Waals surface area contributed by atoms with Crippen molar-refractivity contribution in [2.75, 3.05) is 13.2 Å². The van der Waals surface area contributed by atoms with Gasteiger partial charge in [0.15, 0.2) is 0 Å². The number of carbonyl (C=O) groups excluding carboxylic acids is 1. The highest BCUT2D eigenvalue weighted by Crippen LogP contribution is 2.33. The van der Waals surface area contributed by atoms with Crippen LogP contribution in [-0.2, 0) is 9.47 Å². The fourth-order valence-corrected chi connectivity index (χ4v) is 3.07. The first-order valence-corrected chi connectivity index (χ1v) is 8.06. The number of carbonyl (C=O) groups is 1. The highest BCUT2D eigenvalue weighted by molar-refractivity contribution is 5.74. The van der Waals surface area contributed by atoms with E-state index in [0.717, 1.165) is 17.7 Å². The number of rotatable bonds is 1. The minimum absolute atomic E-state index is 0.0184. The molecule has 124 valence electrons. The van der Waals surface area contributed by atoms with E-state index in [1.165, 1.54) is 5.57 Å². The van der Waals surface area contributed by atoms with Gasteiger partial charge in [-0.05, 0) is 51.3 Å². The molecule has 23 heavy (non-hydrogen) atoms. The van der Waals surface area contributed by atoms with Crippen LogP contribution in [0.5, 0.6) is 0 Å². The summed E-state index contributed by atoms with van der Waals surface area (Å²) in [6, 6.07) is 4.05. The number of nitrogens with zero attached hydrogens (tertiary/aromatic N) is 2. The number of hydrogen-bond acceptors (Lipinski definition) is 4. The average molecular weight is 316 g/mol. The number of aryl methyl sites for hydroxylation is 1. The molecule has 3 rings (SSSR count). The molecular formula is C18H24N2O3. The van der Waals surface area contributed by atoms with Crippen LogP contribution in [0.15, 0.2) is 24.4 Å². The minimum atomic E-state index is -0.489. The van der Waals surface area contributed by atoms with Crippen LogP contribution in [0, 0.1) is 6.92 Å². The second-order valence-corrected chi connectivity index (χ2v) is 7.23. The average Bonchev–Trinajstić information content (AvgIpc) is 2.44. The lowest BCUT2D eigenvalue weighted by atomic mass is 9.91. The summed E-state index contributed by atoms with van der Waals surface area (Å²) < 4.78 is 11.2. The predicted octanol–water partition coefficient (Wildman–Crippen LogP) is 3.18. The maximum Gasteiger partial charge on any atom is 0.411 e. The topological polar surface area (TPSA) is 51.7 Å². The van der Waals surface area contributed by atoms with Gasteiger partial charge in [-0.3, -0.25) is 9.88 Å². The summed E-state index contributed by atoms with van der Waals surface area (Å²) in [5, 5.41) is 0. The molecule has 0 radical (unpaired) electrons. The summed E-state index contributed by atoms with van der Waals surface area (Å²) >= 11 is 0. The van der Waals surface area contributed by atoms with Gasteiger partial charge >= 0.3 is 6.09 Å². The van der Waals surface area contributed by atoms with Gasteiger partial charge < -0.3 is 9.47 Å². The highest BCUT2D eigenvalue weighted by atomic mass is 16.6. The summed E-state index contributed by atoms with van der Waals surface area (Å²) in [7, 11) is 0. The van der Waals surface area contributed by atoms with Crippen LogP contribution < -0.4 is 0 Å². The molecule has 5 nitrogen and oxygen atoms in total. The lowest BCUT2D eigenvalue weighted by Gasteiger charge is -2.44. The molecule has 0 aromatic carbocycles. The van der Waals surface area contributed by atoms with Crippen LogP contribution in [0.25, 0.3) is 5.57 Å². The molecule has 1 aromatic heterocycles. The van der Waals surface area contributed by atoms with Gasteiger partial charge in [-0.15, -0.1) is 0 Å². The molecule has 1 amide bonds. The van der Waals surface area contributed by atoms with Crippen molar-refractivity contribution >= 4 is 11.7 Å².